The molecular formula is C9H20N2. The van der Waals surface area contributed by atoms with E-state index in [4.69, 9.17) is 0 Å². The summed E-state index contributed by atoms with van der Waals surface area (Å²) in [6.45, 7) is 7.66. The first-order chi connectivity index (χ1) is 5.41. The molecule has 2 aliphatic rings. The van der Waals surface area contributed by atoms with E-state index < -0.39 is 0 Å². The zero-order valence-corrected chi connectivity index (χ0v) is 7.74. The Hall–Kier alpha value is -0.0800. The minimum Gasteiger partial charge on any atom is -0.315 e. The fraction of sp³-hybridized carbons (Fsp3) is 1.00. The van der Waals surface area contributed by atoms with Crippen LogP contribution < -0.4 is 10.6 Å². The molecule has 0 aromatic heterocycles. The average Bonchev–Trinajstić information content (AvgIpc) is 2.07. The zero-order valence-electron chi connectivity index (χ0n) is 7.74. The third kappa shape index (κ3) is 1.94. The fourth-order valence-corrected chi connectivity index (χ4v) is 1.81. The molecule has 2 saturated heterocycles. The molecule has 0 aromatic rings. The lowest BCUT2D eigenvalue weighted by molar-refractivity contribution is 0.159. The van der Waals surface area contributed by atoms with Gasteiger partial charge in [-0.3, -0.25) is 0 Å². The zero-order chi connectivity index (χ0) is 8.16. The molecule has 0 amide bonds. The van der Waals surface area contributed by atoms with E-state index in [1.807, 2.05) is 13.8 Å². The van der Waals surface area contributed by atoms with Crippen LogP contribution >= 0.6 is 0 Å². The van der Waals surface area contributed by atoms with Gasteiger partial charge in [0, 0.05) is 12.1 Å². The van der Waals surface area contributed by atoms with Crippen LogP contribution in [0.25, 0.3) is 0 Å². The average molecular weight is 156 g/mol. The van der Waals surface area contributed by atoms with Crippen molar-refractivity contribution in [1.82, 2.24) is 10.6 Å². The quantitative estimate of drug-likeness (QED) is 0.549. The maximum absolute atomic E-state index is 3.50. The second kappa shape index (κ2) is 4.07. The van der Waals surface area contributed by atoms with E-state index in [0.717, 1.165) is 0 Å². The van der Waals surface area contributed by atoms with Gasteiger partial charge in [0.25, 0.3) is 0 Å². The van der Waals surface area contributed by atoms with Crippen molar-refractivity contribution in [2.24, 2.45) is 0 Å². The Balaban J connectivity index is 0.000000281. The summed E-state index contributed by atoms with van der Waals surface area (Å²) in [4.78, 5) is 0. The highest BCUT2D eigenvalue weighted by molar-refractivity contribution is 5.00. The Bertz CT molecular complexity index is 100. The largest absolute Gasteiger partial charge is 0.315 e. The van der Waals surface area contributed by atoms with E-state index in [-0.39, 0.29) is 0 Å². The SMILES string of the molecule is C1CNCC2(C1)CCN2.CC. The molecule has 2 rings (SSSR count). The third-order valence-corrected chi connectivity index (χ3v) is 2.58. The number of hydrogen-bond acceptors (Lipinski definition) is 2. The summed E-state index contributed by atoms with van der Waals surface area (Å²) in [6.07, 6.45) is 4.13. The van der Waals surface area contributed by atoms with Gasteiger partial charge in [-0.15, -0.1) is 0 Å². The van der Waals surface area contributed by atoms with Crippen LogP contribution in [0, 0.1) is 0 Å². The lowest BCUT2D eigenvalue weighted by atomic mass is 9.81. The Morgan fingerprint density at radius 1 is 1.09 bits per heavy atom. The second-order valence-corrected chi connectivity index (χ2v) is 3.24. The summed E-state index contributed by atoms with van der Waals surface area (Å²) in [7, 11) is 0. The van der Waals surface area contributed by atoms with E-state index in [1.54, 1.807) is 0 Å². The van der Waals surface area contributed by atoms with Crippen molar-refractivity contribution in [1.29, 1.82) is 0 Å². The number of nitrogens with one attached hydrogen (secondary N) is 2. The lowest BCUT2D eigenvalue weighted by Crippen LogP contribution is -2.64. The molecule has 2 N–H and O–H groups in total. The van der Waals surface area contributed by atoms with Crippen LogP contribution in [-0.4, -0.2) is 25.2 Å². The summed E-state index contributed by atoms with van der Waals surface area (Å²) in [6, 6.07) is 0. The van der Waals surface area contributed by atoms with Crippen molar-refractivity contribution in [2.45, 2.75) is 38.6 Å². The molecule has 2 heteroatoms. The number of hydrogen-bond donors (Lipinski definition) is 2. The first kappa shape index (κ1) is 9.01. The van der Waals surface area contributed by atoms with Crippen molar-refractivity contribution in [2.75, 3.05) is 19.6 Å². The van der Waals surface area contributed by atoms with Crippen molar-refractivity contribution < 1.29 is 0 Å². The number of piperidine rings is 1. The molecule has 0 saturated carbocycles. The summed E-state index contributed by atoms with van der Waals surface area (Å²) in [5.41, 5.74) is 0.540. The van der Waals surface area contributed by atoms with Crippen LogP contribution in [0.1, 0.15) is 33.1 Å². The standard InChI is InChI=1S/C7H14N2.C2H6/c1-2-7(3-5-9-7)6-8-4-1;1-2/h8-9H,1-6H2;1-2H3. The predicted molar refractivity (Wildman–Crippen MR) is 48.8 cm³/mol. The van der Waals surface area contributed by atoms with Gasteiger partial charge in [-0.1, -0.05) is 13.8 Å². The maximum Gasteiger partial charge on any atom is 0.0318 e. The third-order valence-electron chi connectivity index (χ3n) is 2.58. The molecule has 1 unspecified atom stereocenters. The molecule has 1 atom stereocenters. The van der Waals surface area contributed by atoms with E-state index in [1.165, 1.54) is 38.9 Å². The van der Waals surface area contributed by atoms with Crippen LogP contribution in [0.2, 0.25) is 0 Å². The van der Waals surface area contributed by atoms with Crippen LogP contribution in [-0.2, 0) is 0 Å². The Kier molecular flexibility index (Phi) is 3.34. The molecule has 2 heterocycles. The fourth-order valence-electron chi connectivity index (χ4n) is 1.81. The van der Waals surface area contributed by atoms with Crippen LogP contribution in [0.15, 0.2) is 0 Å². The highest BCUT2D eigenvalue weighted by Crippen LogP contribution is 2.25. The minimum absolute atomic E-state index is 0.540. The summed E-state index contributed by atoms with van der Waals surface area (Å²) >= 11 is 0. The summed E-state index contributed by atoms with van der Waals surface area (Å²) in [5, 5.41) is 6.91. The first-order valence-corrected chi connectivity index (χ1v) is 4.87. The highest BCUT2D eigenvalue weighted by Gasteiger charge is 2.36. The van der Waals surface area contributed by atoms with E-state index in [2.05, 4.69) is 10.6 Å². The molecule has 66 valence electrons. The molecule has 11 heavy (non-hydrogen) atoms. The van der Waals surface area contributed by atoms with Gasteiger partial charge in [0.05, 0.1) is 0 Å². The molecule has 2 nitrogen and oxygen atoms in total. The molecule has 2 aliphatic heterocycles. The molecule has 0 bridgehead atoms. The Morgan fingerprint density at radius 2 is 1.82 bits per heavy atom. The molecule has 0 radical (unpaired) electrons. The Labute approximate surface area is 69.8 Å². The van der Waals surface area contributed by atoms with Crippen molar-refractivity contribution >= 4 is 0 Å². The van der Waals surface area contributed by atoms with Gasteiger partial charge in [-0.25, -0.2) is 0 Å². The molecule has 2 fully saturated rings. The Morgan fingerprint density at radius 3 is 2.09 bits per heavy atom. The van der Waals surface area contributed by atoms with E-state index >= 15 is 0 Å². The van der Waals surface area contributed by atoms with Gasteiger partial charge in [-0.05, 0) is 32.4 Å². The monoisotopic (exact) mass is 156 g/mol. The second-order valence-electron chi connectivity index (χ2n) is 3.24. The van der Waals surface area contributed by atoms with Gasteiger partial charge in [0.15, 0.2) is 0 Å². The maximum atomic E-state index is 3.50. The minimum atomic E-state index is 0.540. The van der Waals surface area contributed by atoms with Crippen LogP contribution in [0.3, 0.4) is 0 Å². The normalized spacial score (nSPS) is 35.5. The molecule has 0 aromatic carbocycles. The lowest BCUT2D eigenvalue weighted by Gasteiger charge is -2.46. The van der Waals surface area contributed by atoms with Gasteiger partial charge in [-0.2, -0.15) is 0 Å². The van der Waals surface area contributed by atoms with Gasteiger partial charge < -0.3 is 10.6 Å². The van der Waals surface area contributed by atoms with Crippen molar-refractivity contribution in [3.8, 4) is 0 Å². The number of rotatable bonds is 0. The topological polar surface area (TPSA) is 24.1 Å². The van der Waals surface area contributed by atoms with Gasteiger partial charge in [0.2, 0.25) is 0 Å². The highest BCUT2D eigenvalue weighted by atomic mass is 15.1. The molecule has 1 spiro atoms. The summed E-state index contributed by atoms with van der Waals surface area (Å²) in [5.74, 6) is 0. The predicted octanol–water partition coefficient (Wildman–Crippen LogP) is 1.13. The first-order valence-electron chi connectivity index (χ1n) is 4.87. The van der Waals surface area contributed by atoms with Gasteiger partial charge in [0.1, 0.15) is 0 Å². The summed E-state index contributed by atoms with van der Waals surface area (Å²) < 4.78 is 0. The van der Waals surface area contributed by atoms with Crippen LogP contribution in [0.4, 0.5) is 0 Å². The van der Waals surface area contributed by atoms with Gasteiger partial charge >= 0.3 is 0 Å². The van der Waals surface area contributed by atoms with Crippen molar-refractivity contribution in [3.63, 3.8) is 0 Å². The van der Waals surface area contributed by atoms with Crippen LogP contribution in [0.5, 0.6) is 0 Å². The smallest absolute Gasteiger partial charge is 0.0318 e. The molecular weight excluding hydrogens is 136 g/mol. The van der Waals surface area contributed by atoms with Crippen molar-refractivity contribution in [3.05, 3.63) is 0 Å². The van der Waals surface area contributed by atoms with E-state index in [0.29, 0.717) is 5.54 Å². The van der Waals surface area contributed by atoms with E-state index in [9.17, 15) is 0 Å². The molecule has 0 aliphatic carbocycles.